The zero-order valence-electron chi connectivity index (χ0n) is 9.41. The number of allylic oxidation sites excluding steroid dienone is 2. The molecule has 1 heterocycles. The van der Waals surface area contributed by atoms with Crippen LogP contribution in [-0.4, -0.2) is 23.6 Å². The molecule has 0 radical (unpaired) electrons. The number of epoxide rings is 1. The molecule has 0 bridgehead atoms. The number of carbonyl (C=O) groups is 2. The van der Waals surface area contributed by atoms with Crippen LogP contribution in [-0.2, 0) is 14.3 Å². The predicted molar refractivity (Wildman–Crippen MR) is 62.7 cm³/mol. The molecule has 90 valence electrons. The molecule has 2 unspecified atom stereocenters. The first-order chi connectivity index (χ1) is 8.72. The molecule has 0 saturated carbocycles. The van der Waals surface area contributed by atoms with E-state index in [2.05, 4.69) is 0 Å². The van der Waals surface area contributed by atoms with E-state index in [1.165, 1.54) is 0 Å². The van der Waals surface area contributed by atoms with Crippen LogP contribution in [0.3, 0.4) is 0 Å². The summed E-state index contributed by atoms with van der Waals surface area (Å²) in [4.78, 5) is 23.6. The van der Waals surface area contributed by atoms with Gasteiger partial charge in [0.25, 0.3) is 0 Å². The Kier molecular flexibility index (Phi) is 2.38. The molecule has 4 heteroatoms. The lowest BCUT2D eigenvalue weighted by Crippen LogP contribution is -2.30. The summed E-state index contributed by atoms with van der Waals surface area (Å²) in [6.07, 6.45) is 6.56. The summed E-state index contributed by atoms with van der Waals surface area (Å²) in [5.74, 6) is -1.32. The number of ether oxygens (including phenoxy) is 2. The fourth-order valence-corrected chi connectivity index (χ4v) is 1.89. The lowest BCUT2D eigenvalue weighted by Gasteiger charge is -2.08. The van der Waals surface area contributed by atoms with E-state index >= 15 is 0 Å². The van der Waals surface area contributed by atoms with E-state index in [-0.39, 0.29) is 6.10 Å². The van der Waals surface area contributed by atoms with Gasteiger partial charge < -0.3 is 9.47 Å². The SMILES string of the molecule is O=C(OC(=O)C12C=CC=CC1O2)c1ccccc1. The van der Waals surface area contributed by atoms with Crippen LogP contribution in [0.2, 0.25) is 0 Å². The molecule has 0 aromatic heterocycles. The number of carbonyl (C=O) groups excluding carboxylic acids is 2. The van der Waals surface area contributed by atoms with E-state index in [1.807, 2.05) is 0 Å². The Morgan fingerprint density at radius 2 is 1.94 bits per heavy atom. The van der Waals surface area contributed by atoms with Gasteiger partial charge in [0.1, 0.15) is 6.10 Å². The first-order valence-corrected chi connectivity index (χ1v) is 5.58. The number of rotatable bonds is 2. The first kappa shape index (κ1) is 10.9. The molecular formula is C14H10O4. The van der Waals surface area contributed by atoms with Gasteiger partial charge in [-0.15, -0.1) is 0 Å². The number of benzene rings is 1. The molecule has 0 amide bonds. The maximum atomic E-state index is 11.9. The second-order valence-corrected chi connectivity index (χ2v) is 4.12. The van der Waals surface area contributed by atoms with Crippen LogP contribution in [0.1, 0.15) is 10.4 Å². The van der Waals surface area contributed by atoms with E-state index in [0.717, 1.165) is 0 Å². The third-order valence-corrected chi connectivity index (χ3v) is 2.94. The van der Waals surface area contributed by atoms with Crippen LogP contribution in [0.15, 0.2) is 54.6 Å². The van der Waals surface area contributed by atoms with Crippen LogP contribution < -0.4 is 0 Å². The Morgan fingerprint density at radius 1 is 1.17 bits per heavy atom. The number of fused-ring (bicyclic) bond motifs is 1. The molecule has 1 aromatic rings. The molecule has 0 spiro atoms. The molecule has 4 nitrogen and oxygen atoms in total. The number of hydrogen-bond acceptors (Lipinski definition) is 4. The standard InChI is InChI=1S/C14H10O4/c15-12(10-6-2-1-3-7-10)17-13(16)14-9-5-4-8-11(14)18-14/h1-9,11H. The Morgan fingerprint density at radius 3 is 2.67 bits per heavy atom. The summed E-state index contributed by atoms with van der Waals surface area (Å²) < 4.78 is 10.1. The summed E-state index contributed by atoms with van der Waals surface area (Å²) in [5, 5.41) is 0. The van der Waals surface area contributed by atoms with Crippen molar-refractivity contribution in [2.24, 2.45) is 0 Å². The molecule has 1 fully saturated rings. The highest BCUT2D eigenvalue weighted by Gasteiger charge is 2.62. The second kappa shape index (κ2) is 3.92. The van der Waals surface area contributed by atoms with Crippen molar-refractivity contribution in [3.8, 4) is 0 Å². The van der Waals surface area contributed by atoms with E-state index in [9.17, 15) is 9.59 Å². The molecule has 18 heavy (non-hydrogen) atoms. The van der Waals surface area contributed by atoms with E-state index < -0.39 is 17.5 Å². The van der Waals surface area contributed by atoms with Gasteiger partial charge in [0.05, 0.1) is 5.56 Å². The van der Waals surface area contributed by atoms with Crippen LogP contribution in [0, 0.1) is 0 Å². The quantitative estimate of drug-likeness (QED) is 0.449. The summed E-state index contributed by atoms with van der Waals surface area (Å²) in [6, 6.07) is 8.38. The molecule has 1 aromatic carbocycles. The van der Waals surface area contributed by atoms with Crippen LogP contribution in [0.5, 0.6) is 0 Å². The third-order valence-electron chi connectivity index (χ3n) is 2.94. The van der Waals surface area contributed by atoms with Gasteiger partial charge in [0.15, 0.2) is 0 Å². The predicted octanol–water partition coefficient (Wildman–Crippen LogP) is 1.63. The van der Waals surface area contributed by atoms with Gasteiger partial charge in [-0.1, -0.05) is 36.4 Å². The molecule has 2 atom stereocenters. The van der Waals surface area contributed by atoms with Crippen molar-refractivity contribution in [3.05, 3.63) is 60.2 Å². The zero-order chi connectivity index (χ0) is 12.6. The maximum absolute atomic E-state index is 11.9. The first-order valence-electron chi connectivity index (χ1n) is 5.58. The molecule has 3 rings (SSSR count). The van der Waals surface area contributed by atoms with Crippen molar-refractivity contribution in [2.75, 3.05) is 0 Å². The lowest BCUT2D eigenvalue weighted by atomic mass is 10.0. The smallest absolute Gasteiger partial charge is 0.353 e. The minimum atomic E-state index is -1.08. The summed E-state index contributed by atoms with van der Waals surface area (Å²) in [7, 11) is 0. The molecule has 0 N–H and O–H groups in total. The Labute approximate surface area is 104 Å². The van der Waals surface area contributed by atoms with Crippen molar-refractivity contribution in [1.29, 1.82) is 0 Å². The highest BCUT2D eigenvalue weighted by molar-refractivity contribution is 6.01. The fraction of sp³-hybridized carbons (Fsp3) is 0.143. The summed E-state index contributed by atoms with van der Waals surface area (Å²) >= 11 is 0. The molecule has 1 aliphatic carbocycles. The Balaban J connectivity index is 1.71. The van der Waals surface area contributed by atoms with Crippen LogP contribution in [0.25, 0.3) is 0 Å². The Bertz CT molecular complexity index is 558. The van der Waals surface area contributed by atoms with Gasteiger partial charge in [-0.25, -0.2) is 9.59 Å². The van der Waals surface area contributed by atoms with Gasteiger partial charge in [0, 0.05) is 0 Å². The maximum Gasteiger partial charge on any atom is 0.353 e. The average Bonchev–Trinajstić information content (AvgIpc) is 3.15. The highest BCUT2D eigenvalue weighted by Crippen LogP contribution is 2.42. The summed E-state index contributed by atoms with van der Waals surface area (Å²) in [5.41, 5.74) is -0.742. The van der Waals surface area contributed by atoms with E-state index in [4.69, 9.17) is 9.47 Å². The van der Waals surface area contributed by atoms with Crippen molar-refractivity contribution < 1.29 is 19.1 Å². The fourth-order valence-electron chi connectivity index (χ4n) is 1.89. The van der Waals surface area contributed by atoms with Gasteiger partial charge >= 0.3 is 11.9 Å². The Hall–Kier alpha value is -2.20. The van der Waals surface area contributed by atoms with Gasteiger partial charge in [-0.3, -0.25) is 0 Å². The van der Waals surface area contributed by atoms with Crippen LogP contribution >= 0.6 is 0 Å². The van der Waals surface area contributed by atoms with E-state index in [1.54, 1.807) is 54.6 Å². The van der Waals surface area contributed by atoms with Crippen molar-refractivity contribution >= 4 is 11.9 Å². The highest BCUT2D eigenvalue weighted by atomic mass is 16.7. The molecule has 2 aliphatic rings. The third kappa shape index (κ3) is 1.67. The largest absolute Gasteiger partial charge is 0.387 e. The molecule has 1 aliphatic heterocycles. The normalized spacial score (nSPS) is 27.4. The lowest BCUT2D eigenvalue weighted by molar-refractivity contribution is -0.142. The van der Waals surface area contributed by atoms with E-state index in [0.29, 0.717) is 5.56 Å². The second-order valence-electron chi connectivity index (χ2n) is 4.12. The zero-order valence-corrected chi connectivity index (χ0v) is 9.41. The summed E-state index contributed by atoms with van der Waals surface area (Å²) in [6.45, 7) is 0. The molecular weight excluding hydrogens is 232 g/mol. The monoisotopic (exact) mass is 242 g/mol. The topological polar surface area (TPSA) is 55.9 Å². The van der Waals surface area contributed by atoms with Gasteiger partial charge in [-0.2, -0.15) is 0 Å². The average molecular weight is 242 g/mol. The molecule has 1 saturated heterocycles. The minimum Gasteiger partial charge on any atom is -0.387 e. The van der Waals surface area contributed by atoms with Crippen molar-refractivity contribution in [1.82, 2.24) is 0 Å². The van der Waals surface area contributed by atoms with Crippen molar-refractivity contribution in [2.45, 2.75) is 11.7 Å². The van der Waals surface area contributed by atoms with Gasteiger partial charge in [-0.05, 0) is 18.2 Å². The van der Waals surface area contributed by atoms with Crippen LogP contribution in [0.4, 0.5) is 0 Å². The minimum absolute atomic E-state index is 0.307. The number of esters is 2. The van der Waals surface area contributed by atoms with Crippen molar-refractivity contribution in [3.63, 3.8) is 0 Å². The van der Waals surface area contributed by atoms with Gasteiger partial charge in [0.2, 0.25) is 5.60 Å². The number of hydrogen-bond donors (Lipinski definition) is 0.